The minimum absolute atomic E-state index is 0.00781. The monoisotopic (exact) mass is 818 g/mol. The van der Waals surface area contributed by atoms with Gasteiger partial charge in [-0.05, 0) is 67.6 Å². The summed E-state index contributed by atoms with van der Waals surface area (Å²) in [6.45, 7) is 31.1. The number of carbonyl (C=O) groups is 6. The summed E-state index contributed by atoms with van der Waals surface area (Å²) in [5.74, 6) is -2.91. The van der Waals surface area contributed by atoms with E-state index in [0.29, 0.717) is 45.2 Å². The van der Waals surface area contributed by atoms with Crippen LogP contribution in [0.5, 0.6) is 0 Å². The van der Waals surface area contributed by atoms with Gasteiger partial charge in [-0.25, -0.2) is 0 Å². The number of likely N-dealkylation sites (tertiary alicyclic amines) is 1. The van der Waals surface area contributed by atoms with Crippen molar-refractivity contribution < 1.29 is 28.8 Å². The Morgan fingerprint density at radius 3 is 1.86 bits per heavy atom. The SMILES string of the molecule is C1CC1.C=CCNC(=O)C(=O)C(CCCC)NC(=O)C1[C@@H]2[C@H](CN1C(=O)C(CC(=O)NC(CCCC(=O)NCC)C(C)(C)C)C(CCC)CCC)C2(C)C.CC.CC. The van der Waals surface area contributed by atoms with Crippen LogP contribution < -0.4 is 21.3 Å². The number of piperidine rings is 1. The fourth-order valence-corrected chi connectivity index (χ4v) is 8.04. The lowest BCUT2D eigenvalue weighted by Gasteiger charge is -2.36. The maximum Gasteiger partial charge on any atom is 0.289 e. The molecular weight excluding hydrogens is 731 g/mol. The van der Waals surface area contributed by atoms with Crippen LogP contribution in [0.25, 0.3) is 0 Å². The lowest BCUT2D eigenvalue weighted by molar-refractivity contribution is -0.147. The van der Waals surface area contributed by atoms with Crippen LogP contribution in [0.3, 0.4) is 0 Å². The molecule has 336 valence electrons. The van der Waals surface area contributed by atoms with Gasteiger partial charge in [-0.2, -0.15) is 0 Å². The smallest absolute Gasteiger partial charge is 0.289 e. The lowest BCUT2D eigenvalue weighted by Crippen LogP contribution is -2.56. The maximum absolute atomic E-state index is 14.8. The van der Waals surface area contributed by atoms with Crippen LogP contribution in [0.4, 0.5) is 0 Å². The summed E-state index contributed by atoms with van der Waals surface area (Å²) in [6, 6.07) is -1.99. The summed E-state index contributed by atoms with van der Waals surface area (Å²) in [5, 5.41) is 11.5. The Morgan fingerprint density at radius 2 is 1.38 bits per heavy atom. The second kappa shape index (κ2) is 28.3. The highest BCUT2D eigenvalue weighted by atomic mass is 16.2. The Kier molecular flexibility index (Phi) is 26.7. The van der Waals surface area contributed by atoms with E-state index in [2.05, 4.69) is 76.3 Å². The van der Waals surface area contributed by atoms with E-state index in [0.717, 1.165) is 32.1 Å². The molecule has 0 aromatic carbocycles. The molecule has 4 unspecified atom stereocenters. The quantitative estimate of drug-likeness (QED) is 0.0601. The van der Waals surface area contributed by atoms with E-state index in [4.69, 9.17) is 0 Å². The first-order valence-corrected chi connectivity index (χ1v) is 23.1. The van der Waals surface area contributed by atoms with E-state index in [-0.39, 0.29) is 65.3 Å². The molecule has 3 fully saturated rings. The molecule has 1 saturated heterocycles. The summed E-state index contributed by atoms with van der Waals surface area (Å²) in [6.07, 6.45) is 12.7. The fourth-order valence-electron chi connectivity index (χ4n) is 8.04. The Morgan fingerprint density at radius 1 is 0.793 bits per heavy atom. The molecule has 2 saturated carbocycles. The first-order chi connectivity index (χ1) is 27.5. The Balaban J connectivity index is 0.00000429. The average molecular weight is 818 g/mol. The third kappa shape index (κ3) is 17.9. The van der Waals surface area contributed by atoms with Crippen molar-refractivity contribution in [3.8, 4) is 0 Å². The van der Waals surface area contributed by atoms with Gasteiger partial charge in [-0.3, -0.25) is 28.8 Å². The normalized spacial score (nSPS) is 19.8. The number of rotatable bonds is 23. The van der Waals surface area contributed by atoms with Gasteiger partial charge in [0.2, 0.25) is 29.4 Å². The number of carbonyl (C=O) groups excluding carboxylic acids is 6. The van der Waals surface area contributed by atoms with Gasteiger partial charge >= 0.3 is 0 Å². The predicted molar refractivity (Wildman–Crippen MR) is 238 cm³/mol. The summed E-state index contributed by atoms with van der Waals surface area (Å²) in [7, 11) is 0. The Hall–Kier alpha value is -3.24. The summed E-state index contributed by atoms with van der Waals surface area (Å²) in [4.78, 5) is 82.4. The van der Waals surface area contributed by atoms with Gasteiger partial charge in [-0.15, -0.1) is 6.58 Å². The number of hydrogen-bond acceptors (Lipinski definition) is 6. The number of hydrogen-bond donors (Lipinski definition) is 4. The predicted octanol–water partition coefficient (Wildman–Crippen LogP) is 8.30. The van der Waals surface area contributed by atoms with Crippen LogP contribution in [0, 0.1) is 34.5 Å². The van der Waals surface area contributed by atoms with Crippen LogP contribution in [0.2, 0.25) is 0 Å². The molecule has 2 aliphatic carbocycles. The molecule has 5 amide bonds. The minimum atomic E-state index is -1.00. The van der Waals surface area contributed by atoms with Gasteiger partial charge in [0.05, 0.1) is 6.04 Å². The molecular formula is C47H87N5O6. The van der Waals surface area contributed by atoms with Gasteiger partial charge < -0.3 is 26.2 Å². The minimum Gasteiger partial charge on any atom is -0.356 e. The highest BCUT2D eigenvalue weighted by Gasteiger charge is 2.69. The number of ketones is 1. The van der Waals surface area contributed by atoms with E-state index in [1.807, 2.05) is 41.5 Å². The first-order valence-electron chi connectivity index (χ1n) is 23.1. The standard InChI is InChI=1S/C40H69N5O6.C3H6.2C2H6/c1-11-16-20-29(35(48)37(50)42-23-14-4)43-36(49)34-33-28(40(33,9)10)25-45(34)38(51)27(26(18-12-2)19-13-3)24-32(47)44-30(39(6,7)8)21-17-22-31(46)41-15-5;1-2-3-1;2*1-2/h14,26-30,33-34H,4,11-13,15-25H2,1-3,5-10H3,(H,41,46)(H,42,50)(H,43,49)(H,44,47);1-3H2;2*1-2H3/t27?,28-,29?,30?,33-,34?;;;/m0.../s1. The zero-order valence-corrected chi connectivity index (χ0v) is 39.2. The second-order valence-electron chi connectivity index (χ2n) is 17.5. The molecule has 11 heteroatoms. The van der Waals surface area contributed by atoms with Crippen molar-refractivity contribution in [1.29, 1.82) is 0 Å². The van der Waals surface area contributed by atoms with Gasteiger partial charge in [0.15, 0.2) is 0 Å². The number of amides is 5. The average Bonchev–Trinajstić information content (AvgIpc) is 4.11. The molecule has 0 radical (unpaired) electrons. The van der Waals surface area contributed by atoms with E-state index in [1.54, 1.807) is 4.90 Å². The van der Waals surface area contributed by atoms with E-state index in [9.17, 15) is 28.8 Å². The van der Waals surface area contributed by atoms with Crippen molar-refractivity contribution in [2.75, 3.05) is 19.6 Å². The Labute approximate surface area is 354 Å². The first kappa shape index (κ1) is 54.8. The molecule has 11 nitrogen and oxygen atoms in total. The molecule has 3 aliphatic rings. The zero-order valence-electron chi connectivity index (χ0n) is 39.2. The van der Waals surface area contributed by atoms with Gasteiger partial charge in [0.1, 0.15) is 6.04 Å². The van der Waals surface area contributed by atoms with Gasteiger partial charge in [-0.1, -0.05) is 134 Å². The molecule has 4 N–H and O–H groups in total. The number of Topliss-reactive ketones (excluding diaryl/α,β-unsaturated/α-hetero) is 1. The van der Waals surface area contributed by atoms with Crippen LogP contribution >= 0.6 is 0 Å². The van der Waals surface area contributed by atoms with Crippen LogP contribution in [-0.2, 0) is 28.8 Å². The number of nitrogens with one attached hydrogen (secondary N) is 4. The molecule has 0 aromatic heterocycles. The molecule has 0 aromatic rings. The van der Waals surface area contributed by atoms with E-state index >= 15 is 0 Å². The summed E-state index contributed by atoms with van der Waals surface area (Å²) in [5.41, 5.74) is -0.419. The lowest BCUT2D eigenvalue weighted by atomic mass is 9.80. The van der Waals surface area contributed by atoms with Crippen molar-refractivity contribution in [1.82, 2.24) is 26.2 Å². The van der Waals surface area contributed by atoms with Crippen molar-refractivity contribution in [2.24, 2.45) is 34.5 Å². The molecule has 0 spiro atoms. The van der Waals surface area contributed by atoms with Crippen molar-refractivity contribution >= 4 is 35.3 Å². The summed E-state index contributed by atoms with van der Waals surface area (Å²) < 4.78 is 0. The molecule has 1 aliphatic heterocycles. The molecule has 3 rings (SSSR count). The van der Waals surface area contributed by atoms with E-state index < -0.39 is 35.6 Å². The van der Waals surface area contributed by atoms with Crippen LogP contribution in [0.15, 0.2) is 12.7 Å². The molecule has 1 heterocycles. The fraction of sp³-hybridized carbons (Fsp3) is 0.830. The van der Waals surface area contributed by atoms with E-state index in [1.165, 1.54) is 25.3 Å². The largest absolute Gasteiger partial charge is 0.356 e. The topological polar surface area (TPSA) is 154 Å². The highest BCUT2D eigenvalue weighted by Crippen LogP contribution is 2.65. The number of nitrogens with zero attached hydrogens (tertiary/aromatic N) is 1. The Bertz CT molecular complexity index is 1270. The van der Waals surface area contributed by atoms with Crippen molar-refractivity contribution in [2.45, 2.75) is 198 Å². The summed E-state index contributed by atoms with van der Waals surface area (Å²) >= 11 is 0. The van der Waals surface area contributed by atoms with Crippen molar-refractivity contribution in [3.05, 3.63) is 12.7 Å². The van der Waals surface area contributed by atoms with Crippen LogP contribution in [-0.4, -0.2) is 78.0 Å². The maximum atomic E-state index is 14.8. The highest BCUT2D eigenvalue weighted by molar-refractivity contribution is 6.38. The van der Waals surface area contributed by atoms with Gasteiger partial charge in [0, 0.05) is 44.4 Å². The van der Waals surface area contributed by atoms with Crippen LogP contribution in [0.1, 0.15) is 180 Å². The third-order valence-electron chi connectivity index (χ3n) is 11.5. The van der Waals surface area contributed by atoms with Gasteiger partial charge in [0.25, 0.3) is 5.91 Å². The number of fused-ring (bicyclic) bond motifs is 1. The molecule has 0 bridgehead atoms. The zero-order chi connectivity index (χ0) is 44.6. The molecule has 58 heavy (non-hydrogen) atoms. The van der Waals surface area contributed by atoms with Crippen molar-refractivity contribution in [3.63, 3.8) is 0 Å². The second-order valence-corrected chi connectivity index (χ2v) is 17.5. The third-order valence-corrected chi connectivity index (χ3v) is 11.5. The molecule has 6 atom stereocenters. The number of unbranched alkanes of at least 4 members (excludes halogenated alkanes) is 1.